The maximum Gasteiger partial charge on any atom is 0.253 e. The van der Waals surface area contributed by atoms with E-state index in [0.29, 0.717) is 12.1 Å². The Bertz CT molecular complexity index is 424. The molecule has 0 unspecified atom stereocenters. The Labute approximate surface area is 106 Å². The second kappa shape index (κ2) is 5.06. The van der Waals surface area contributed by atoms with Crippen molar-refractivity contribution < 1.29 is 14.3 Å². The molecule has 1 aliphatic rings. The van der Waals surface area contributed by atoms with E-state index in [9.17, 15) is 14.3 Å². The lowest BCUT2D eigenvalue weighted by atomic mass is 10.0. The van der Waals surface area contributed by atoms with Crippen LogP contribution in [0.3, 0.4) is 0 Å². The first-order valence-corrected chi connectivity index (χ1v) is 6.24. The molecule has 0 heterocycles. The van der Waals surface area contributed by atoms with E-state index < -0.39 is 5.60 Å². The largest absolute Gasteiger partial charge is 0.388 e. The highest BCUT2D eigenvalue weighted by Crippen LogP contribution is 2.30. The fourth-order valence-electron chi connectivity index (χ4n) is 2.52. The normalized spacial score (nSPS) is 17.7. The maximum absolute atomic E-state index is 12.8. The summed E-state index contributed by atoms with van der Waals surface area (Å²) in [7, 11) is 1.67. The molecular formula is C14H18FNO2. The second-order valence-electron chi connectivity index (χ2n) is 5.10. The van der Waals surface area contributed by atoms with Crippen LogP contribution in [0.25, 0.3) is 0 Å². The number of nitrogens with zero attached hydrogens (tertiary/aromatic N) is 1. The summed E-state index contributed by atoms with van der Waals surface area (Å²) in [6.07, 6.45) is 3.51. The zero-order valence-corrected chi connectivity index (χ0v) is 10.5. The Morgan fingerprint density at radius 2 is 1.89 bits per heavy atom. The summed E-state index contributed by atoms with van der Waals surface area (Å²) in [6.45, 7) is 0.337. The van der Waals surface area contributed by atoms with E-state index in [1.807, 2.05) is 0 Å². The lowest BCUT2D eigenvalue weighted by Crippen LogP contribution is -2.42. The Morgan fingerprint density at radius 3 is 2.44 bits per heavy atom. The van der Waals surface area contributed by atoms with Crippen molar-refractivity contribution in [2.24, 2.45) is 0 Å². The van der Waals surface area contributed by atoms with Crippen LogP contribution in [0.4, 0.5) is 4.39 Å². The van der Waals surface area contributed by atoms with E-state index in [4.69, 9.17) is 0 Å². The van der Waals surface area contributed by atoms with Gasteiger partial charge in [0.05, 0.1) is 5.60 Å². The van der Waals surface area contributed by atoms with Crippen molar-refractivity contribution in [3.63, 3.8) is 0 Å². The number of hydrogen-bond donors (Lipinski definition) is 1. The number of benzene rings is 1. The molecule has 1 saturated carbocycles. The summed E-state index contributed by atoms with van der Waals surface area (Å²) >= 11 is 0. The molecule has 0 aromatic heterocycles. The van der Waals surface area contributed by atoms with Gasteiger partial charge < -0.3 is 10.0 Å². The van der Waals surface area contributed by atoms with Gasteiger partial charge in [-0.1, -0.05) is 12.8 Å². The average Bonchev–Trinajstić information content (AvgIpc) is 2.76. The summed E-state index contributed by atoms with van der Waals surface area (Å²) < 4.78 is 12.8. The van der Waals surface area contributed by atoms with Crippen molar-refractivity contribution in [2.75, 3.05) is 13.6 Å². The van der Waals surface area contributed by atoms with Gasteiger partial charge in [0, 0.05) is 19.2 Å². The number of rotatable bonds is 3. The van der Waals surface area contributed by atoms with Gasteiger partial charge in [0.25, 0.3) is 5.91 Å². The lowest BCUT2D eigenvalue weighted by Gasteiger charge is -2.28. The Morgan fingerprint density at radius 1 is 1.33 bits per heavy atom. The molecule has 1 amide bonds. The zero-order chi connectivity index (χ0) is 13.2. The molecule has 2 rings (SSSR count). The summed E-state index contributed by atoms with van der Waals surface area (Å²) in [5.41, 5.74) is -0.301. The molecule has 0 aliphatic heterocycles. The van der Waals surface area contributed by atoms with Gasteiger partial charge in [-0.2, -0.15) is 0 Å². The van der Waals surface area contributed by atoms with Crippen LogP contribution in [0.2, 0.25) is 0 Å². The minimum absolute atomic E-state index is 0.185. The lowest BCUT2D eigenvalue weighted by molar-refractivity contribution is 0.0157. The van der Waals surface area contributed by atoms with Crippen molar-refractivity contribution in [3.05, 3.63) is 35.6 Å². The first-order valence-electron chi connectivity index (χ1n) is 6.24. The summed E-state index contributed by atoms with van der Waals surface area (Å²) in [5.74, 6) is -0.543. The zero-order valence-electron chi connectivity index (χ0n) is 10.5. The molecule has 0 saturated heterocycles. The number of halogens is 1. The van der Waals surface area contributed by atoms with Gasteiger partial charge in [0.1, 0.15) is 5.82 Å². The highest BCUT2D eigenvalue weighted by Gasteiger charge is 2.33. The predicted octanol–water partition coefficient (Wildman–Crippen LogP) is 2.20. The minimum atomic E-state index is -0.746. The molecule has 1 N–H and O–H groups in total. The van der Waals surface area contributed by atoms with Crippen molar-refractivity contribution in [2.45, 2.75) is 31.3 Å². The first-order chi connectivity index (χ1) is 8.50. The number of hydrogen-bond acceptors (Lipinski definition) is 2. The summed E-state index contributed by atoms with van der Waals surface area (Å²) in [5, 5.41) is 10.2. The first kappa shape index (κ1) is 13.0. The van der Waals surface area contributed by atoms with E-state index in [1.54, 1.807) is 7.05 Å². The van der Waals surface area contributed by atoms with Crippen LogP contribution in [0.5, 0.6) is 0 Å². The number of amides is 1. The highest BCUT2D eigenvalue weighted by molar-refractivity contribution is 5.94. The third-order valence-electron chi connectivity index (χ3n) is 3.50. The van der Waals surface area contributed by atoms with Crippen LogP contribution in [0.15, 0.2) is 24.3 Å². The van der Waals surface area contributed by atoms with Crippen LogP contribution in [0, 0.1) is 5.82 Å². The smallest absolute Gasteiger partial charge is 0.253 e. The van der Waals surface area contributed by atoms with Crippen LogP contribution < -0.4 is 0 Å². The molecule has 18 heavy (non-hydrogen) atoms. The molecule has 98 valence electrons. The van der Waals surface area contributed by atoms with E-state index in [2.05, 4.69) is 0 Å². The third kappa shape index (κ3) is 2.88. The summed E-state index contributed by atoms with van der Waals surface area (Å²) in [6, 6.07) is 5.47. The SMILES string of the molecule is CN(CC1(O)CCCC1)C(=O)c1ccc(F)cc1. The second-order valence-corrected chi connectivity index (χ2v) is 5.10. The molecule has 1 aliphatic carbocycles. The molecule has 0 radical (unpaired) electrons. The average molecular weight is 251 g/mol. The van der Waals surface area contributed by atoms with E-state index in [-0.39, 0.29) is 11.7 Å². The Hall–Kier alpha value is -1.42. The number of carbonyl (C=O) groups excluding carboxylic acids is 1. The van der Waals surface area contributed by atoms with Crippen molar-refractivity contribution >= 4 is 5.91 Å². The van der Waals surface area contributed by atoms with Crippen molar-refractivity contribution in [1.29, 1.82) is 0 Å². The molecule has 4 heteroatoms. The van der Waals surface area contributed by atoms with Gasteiger partial charge in [-0.15, -0.1) is 0 Å². The fourth-order valence-corrected chi connectivity index (χ4v) is 2.52. The van der Waals surface area contributed by atoms with Crippen molar-refractivity contribution in [3.8, 4) is 0 Å². The van der Waals surface area contributed by atoms with Gasteiger partial charge in [-0.3, -0.25) is 4.79 Å². The van der Waals surface area contributed by atoms with E-state index in [1.165, 1.54) is 29.2 Å². The van der Waals surface area contributed by atoms with Gasteiger partial charge in [0.2, 0.25) is 0 Å². The maximum atomic E-state index is 12.8. The molecule has 1 fully saturated rings. The monoisotopic (exact) mass is 251 g/mol. The Balaban J connectivity index is 2.02. The molecule has 1 aromatic rings. The van der Waals surface area contributed by atoms with Gasteiger partial charge in [-0.05, 0) is 37.1 Å². The summed E-state index contributed by atoms with van der Waals surface area (Å²) in [4.78, 5) is 13.6. The molecule has 0 bridgehead atoms. The van der Waals surface area contributed by atoms with E-state index >= 15 is 0 Å². The van der Waals surface area contributed by atoms with Crippen molar-refractivity contribution in [1.82, 2.24) is 4.90 Å². The molecule has 0 atom stereocenters. The van der Waals surface area contributed by atoms with Gasteiger partial charge in [-0.25, -0.2) is 4.39 Å². The van der Waals surface area contributed by atoms with Gasteiger partial charge >= 0.3 is 0 Å². The molecule has 0 spiro atoms. The highest BCUT2D eigenvalue weighted by atomic mass is 19.1. The Kier molecular flexibility index (Phi) is 3.66. The van der Waals surface area contributed by atoms with Gasteiger partial charge in [0.15, 0.2) is 0 Å². The number of aliphatic hydroxyl groups is 1. The predicted molar refractivity (Wildman–Crippen MR) is 66.8 cm³/mol. The quantitative estimate of drug-likeness (QED) is 0.894. The standard InChI is InChI=1S/C14H18FNO2/c1-16(10-14(18)8-2-3-9-14)13(17)11-4-6-12(15)7-5-11/h4-7,18H,2-3,8-10H2,1H3. The van der Waals surface area contributed by atoms with Crippen LogP contribution in [-0.4, -0.2) is 35.1 Å². The fraction of sp³-hybridized carbons (Fsp3) is 0.500. The van der Waals surface area contributed by atoms with Crippen LogP contribution in [-0.2, 0) is 0 Å². The van der Waals surface area contributed by atoms with Crippen LogP contribution >= 0.6 is 0 Å². The topological polar surface area (TPSA) is 40.5 Å². The number of carbonyl (C=O) groups is 1. The van der Waals surface area contributed by atoms with E-state index in [0.717, 1.165) is 25.7 Å². The molecular weight excluding hydrogens is 233 g/mol. The third-order valence-corrected chi connectivity index (χ3v) is 3.50. The molecule has 1 aromatic carbocycles. The molecule has 3 nitrogen and oxygen atoms in total. The minimum Gasteiger partial charge on any atom is -0.388 e. The van der Waals surface area contributed by atoms with Crippen LogP contribution in [0.1, 0.15) is 36.0 Å². The number of likely N-dealkylation sites (N-methyl/N-ethyl adjacent to an activating group) is 1.